The maximum Gasteiger partial charge on any atom is 0.251 e. The number of carbonyl (C=O) groups excluding carboxylic acids is 1. The SMILES string of the molecule is COc1cc(N(Cc2ccc(C(=O)NCC3CCCCC3)cc2)S(C)(=O)=O)c(OC)cc1Cl. The van der Waals surface area contributed by atoms with Crippen LogP contribution >= 0.6 is 11.6 Å². The third kappa shape index (κ3) is 6.54. The van der Waals surface area contributed by atoms with Crippen LogP contribution in [0, 0.1) is 5.92 Å². The van der Waals surface area contributed by atoms with E-state index in [9.17, 15) is 13.2 Å². The van der Waals surface area contributed by atoms with Gasteiger partial charge in [-0.05, 0) is 36.5 Å². The molecule has 0 spiro atoms. The molecule has 0 atom stereocenters. The molecule has 9 heteroatoms. The lowest BCUT2D eigenvalue weighted by molar-refractivity contribution is 0.0943. The zero-order valence-electron chi connectivity index (χ0n) is 19.3. The standard InChI is InChI=1S/C24H31ClN2O5S/c1-31-22-14-21(23(32-2)13-20(22)25)27(33(3,29)30)16-18-9-11-19(12-10-18)24(28)26-15-17-7-5-4-6-8-17/h9-14,17H,4-8,15-16H2,1-3H3,(H,26,28). The van der Waals surface area contributed by atoms with Crippen molar-refractivity contribution in [1.82, 2.24) is 5.32 Å². The van der Waals surface area contributed by atoms with E-state index in [2.05, 4.69) is 5.32 Å². The van der Waals surface area contributed by atoms with E-state index in [1.54, 1.807) is 24.3 Å². The molecule has 1 amide bonds. The van der Waals surface area contributed by atoms with Gasteiger partial charge in [-0.15, -0.1) is 0 Å². The van der Waals surface area contributed by atoms with Crippen molar-refractivity contribution in [3.05, 3.63) is 52.5 Å². The summed E-state index contributed by atoms with van der Waals surface area (Å²) in [5.41, 5.74) is 1.59. The van der Waals surface area contributed by atoms with Crippen LogP contribution < -0.4 is 19.1 Å². The van der Waals surface area contributed by atoms with Crippen LogP contribution in [0.3, 0.4) is 0 Å². The minimum Gasteiger partial charge on any atom is -0.495 e. The van der Waals surface area contributed by atoms with Crippen LogP contribution in [-0.4, -0.2) is 41.3 Å². The second kappa shape index (κ2) is 11.1. The van der Waals surface area contributed by atoms with Crippen molar-refractivity contribution in [1.29, 1.82) is 0 Å². The quantitative estimate of drug-likeness (QED) is 0.549. The van der Waals surface area contributed by atoms with Gasteiger partial charge in [-0.25, -0.2) is 8.42 Å². The number of hydrogen-bond acceptors (Lipinski definition) is 5. The van der Waals surface area contributed by atoms with Crippen LogP contribution in [-0.2, 0) is 16.6 Å². The van der Waals surface area contributed by atoms with Crippen molar-refractivity contribution < 1.29 is 22.7 Å². The smallest absolute Gasteiger partial charge is 0.251 e. The number of halogens is 1. The summed E-state index contributed by atoms with van der Waals surface area (Å²) in [6.45, 7) is 0.755. The van der Waals surface area contributed by atoms with Crippen LogP contribution in [0.2, 0.25) is 5.02 Å². The van der Waals surface area contributed by atoms with Gasteiger partial charge in [-0.1, -0.05) is 43.0 Å². The highest BCUT2D eigenvalue weighted by atomic mass is 35.5. The van der Waals surface area contributed by atoms with E-state index in [4.69, 9.17) is 21.1 Å². The molecule has 33 heavy (non-hydrogen) atoms. The van der Waals surface area contributed by atoms with Crippen LogP contribution in [0.1, 0.15) is 48.0 Å². The van der Waals surface area contributed by atoms with E-state index >= 15 is 0 Å². The predicted molar refractivity (Wildman–Crippen MR) is 131 cm³/mol. The minimum absolute atomic E-state index is 0.0595. The number of rotatable bonds is 9. The van der Waals surface area contributed by atoms with E-state index in [0.717, 1.165) is 11.8 Å². The number of nitrogens with zero attached hydrogens (tertiary/aromatic N) is 1. The molecule has 0 unspecified atom stereocenters. The molecule has 1 saturated carbocycles. The van der Waals surface area contributed by atoms with E-state index in [0.29, 0.717) is 40.2 Å². The van der Waals surface area contributed by atoms with Gasteiger partial charge in [0.25, 0.3) is 5.91 Å². The molecular formula is C24H31ClN2O5S. The van der Waals surface area contributed by atoms with E-state index in [1.807, 2.05) is 0 Å². The third-order valence-electron chi connectivity index (χ3n) is 5.94. The highest BCUT2D eigenvalue weighted by Crippen LogP contribution is 2.39. The number of hydrogen-bond donors (Lipinski definition) is 1. The average molecular weight is 495 g/mol. The van der Waals surface area contributed by atoms with Crippen molar-refractivity contribution in [2.45, 2.75) is 38.6 Å². The largest absolute Gasteiger partial charge is 0.495 e. The Hall–Kier alpha value is -2.45. The number of benzene rings is 2. The molecule has 2 aromatic rings. The zero-order chi connectivity index (χ0) is 24.0. The maximum absolute atomic E-state index is 12.6. The highest BCUT2D eigenvalue weighted by molar-refractivity contribution is 7.92. The Bertz CT molecular complexity index is 1070. The summed E-state index contributed by atoms with van der Waals surface area (Å²) in [4.78, 5) is 12.5. The van der Waals surface area contributed by atoms with Crippen molar-refractivity contribution in [2.75, 3.05) is 31.3 Å². The number of nitrogens with one attached hydrogen (secondary N) is 1. The molecule has 1 aliphatic rings. The molecule has 0 bridgehead atoms. The molecule has 0 heterocycles. The summed E-state index contributed by atoms with van der Waals surface area (Å²) in [5.74, 6) is 1.09. The fourth-order valence-corrected chi connectivity index (χ4v) is 5.19. The molecule has 2 aromatic carbocycles. The average Bonchev–Trinajstić information content (AvgIpc) is 2.81. The van der Waals surface area contributed by atoms with Crippen LogP contribution in [0.15, 0.2) is 36.4 Å². The van der Waals surface area contributed by atoms with Gasteiger partial charge in [0.05, 0.1) is 37.7 Å². The molecule has 0 radical (unpaired) electrons. The summed E-state index contributed by atoms with van der Waals surface area (Å²) in [6, 6.07) is 10.0. The van der Waals surface area contributed by atoms with Gasteiger partial charge in [-0.2, -0.15) is 0 Å². The third-order valence-corrected chi connectivity index (χ3v) is 7.36. The first-order valence-electron chi connectivity index (χ1n) is 11.0. The minimum atomic E-state index is -3.66. The molecule has 0 aliphatic heterocycles. The van der Waals surface area contributed by atoms with Crippen LogP contribution in [0.4, 0.5) is 5.69 Å². The van der Waals surface area contributed by atoms with Crippen molar-refractivity contribution in [3.8, 4) is 11.5 Å². The second-order valence-corrected chi connectivity index (χ2v) is 10.7. The van der Waals surface area contributed by atoms with Crippen molar-refractivity contribution in [3.63, 3.8) is 0 Å². The number of amides is 1. The molecule has 7 nitrogen and oxygen atoms in total. The first-order chi connectivity index (χ1) is 15.7. The molecular weight excluding hydrogens is 464 g/mol. The maximum atomic E-state index is 12.6. The van der Waals surface area contributed by atoms with Gasteiger partial charge in [0.2, 0.25) is 10.0 Å². The molecule has 3 rings (SSSR count). The number of anilines is 1. The fraction of sp³-hybridized carbons (Fsp3) is 0.458. The number of ether oxygens (including phenoxy) is 2. The summed E-state index contributed by atoms with van der Waals surface area (Å²) >= 11 is 6.17. The summed E-state index contributed by atoms with van der Waals surface area (Å²) in [7, 11) is -0.753. The topological polar surface area (TPSA) is 84.9 Å². The summed E-state index contributed by atoms with van der Waals surface area (Å²) < 4.78 is 37.1. The Kier molecular flexibility index (Phi) is 8.48. The molecule has 0 saturated heterocycles. The van der Waals surface area contributed by atoms with E-state index < -0.39 is 10.0 Å². The molecule has 180 valence electrons. The van der Waals surface area contributed by atoms with E-state index in [-0.39, 0.29) is 12.5 Å². The normalized spacial score (nSPS) is 14.5. The Morgan fingerprint density at radius 3 is 2.27 bits per heavy atom. The number of carbonyl (C=O) groups is 1. The predicted octanol–water partition coefficient (Wildman–Crippen LogP) is 4.63. The first kappa shape index (κ1) is 25.2. The van der Waals surface area contributed by atoms with Gasteiger partial charge in [0, 0.05) is 24.2 Å². The van der Waals surface area contributed by atoms with Gasteiger partial charge in [0.15, 0.2) is 0 Å². The van der Waals surface area contributed by atoms with Gasteiger partial charge in [-0.3, -0.25) is 9.10 Å². The second-order valence-electron chi connectivity index (χ2n) is 8.34. The zero-order valence-corrected chi connectivity index (χ0v) is 20.8. The Balaban J connectivity index is 1.76. The summed E-state index contributed by atoms with van der Waals surface area (Å²) in [6.07, 6.45) is 7.21. The number of sulfonamides is 1. The van der Waals surface area contributed by atoms with E-state index in [1.165, 1.54) is 62.8 Å². The van der Waals surface area contributed by atoms with Gasteiger partial charge in [0.1, 0.15) is 11.5 Å². The van der Waals surface area contributed by atoms with Crippen LogP contribution in [0.5, 0.6) is 11.5 Å². The fourth-order valence-electron chi connectivity index (χ4n) is 4.08. The molecule has 1 fully saturated rings. The highest BCUT2D eigenvalue weighted by Gasteiger charge is 2.24. The van der Waals surface area contributed by atoms with Crippen molar-refractivity contribution in [2.24, 2.45) is 5.92 Å². The van der Waals surface area contributed by atoms with Gasteiger partial charge < -0.3 is 14.8 Å². The molecule has 0 aromatic heterocycles. The lowest BCUT2D eigenvalue weighted by Gasteiger charge is -2.25. The number of methoxy groups -OCH3 is 2. The first-order valence-corrected chi connectivity index (χ1v) is 13.2. The molecule has 1 N–H and O–H groups in total. The Morgan fingerprint density at radius 2 is 1.70 bits per heavy atom. The molecule has 1 aliphatic carbocycles. The van der Waals surface area contributed by atoms with Crippen LogP contribution in [0.25, 0.3) is 0 Å². The lowest BCUT2D eigenvalue weighted by atomic mass is 9.89. The summed E-state index contributed by atoms with van der Waals surface area (Å²) in [5, 5.41) is 3.34. The van der Waals surface area contributed by atoms with Gasteiger partial charge >= 0.3 is 0 Å². The Morgan fingerprint density at radius 1 is 1.06 bits per heavy atom. The Labute approximate surface area is 201 Å². The monoisotopic (exact) mass is 494 g/mol. The van der Waals surface area contributed by atoms with Crippen molar-refractivity contribution >= 4 is 33.2 Å². The lowest BCUT2D eigenvalue weighted by Crippen LogP contribution is -2.30.